The molecule has 0 bridgehead atoms. The van der Waals surface area contributed by atoms with Crippen molar-refractivity contribution in [1.82, 2.24) is 15.3 Å². The van der Waals surface area contributed by atoms with Crippen molar-refractivity contribution < 1.29 is 4.92 Å². The smallest absolute Gasteiger partial charge is 0.269 e. The molecular weight excluding hydrogens is 444 g/mol. The van der Waals surface area contributed by atoms with E-state index in [2.05, 4.69) is 26.2 Å². The fraction of sp³-hybridized carbons (Fsp3) is 0.200. The third-order valence-electron chi connectivity index (χ3n) is 4.22. The molecule has 0 unspecified atom stereocenters. The van der Waals surface area contributed by atoms with Gasteiger partial charge in [0.25, 0.3) is 5.69 Å². The van der Waals surface area contributed by atoms with Crippen molar-refractivity contribution in [3.05, 3.63) is 74.1 Å². The third kappa shape index (κ3) is 4.73. The van der Waals surface area contributed by atoms with Gasteiger partial charge in [0.15, 0.2) is 0 Å². The molecule has 144 valence electrons. The van der Waals surface area contributed by atoms with Gasteiger partial charge in [-0.3, -0.25) is 10.1 Å². The Kier molecular flexibility index (Phi) is 6.72. The zero-order chi connectivity index (χ0) is 20.1. The van der Waals surface area contributed by atoms with Crippen LogP contribution in [-0.2, 0) is 6.42 Å². The largest absolute Gasteiger partial charge is 0.320 e. The number of nitro benzene ring substituents is 1. The van der Waals surface area contributed by atoms with Crippen LogP contribution in [0.25, 0.3) is 22.4 Å². The Balaban J connectivity index is 2.11. The van der Waals surface area contributed by atoms with E-state index >= 15 is 0 Å². The molecule has 0 aliphatic carbocycles. The molecule has 2 aromatic carbocycles. The van der Waals surface area contributed by atoms with Crippen molar-refractivity contribution in [2.45, 2.75) is 12.8 Å². The number of aryl methyl sites for hydroxylation is 1. The monoisotopic (exact) mass is 460 g/mol. The molecule has 28 heavy (non-hydrogen) atoms. The fourth-order valence-electron chi connectivity index (χ4n) is 2.83. The Morgan fingerprint density at radius 1 is 1.07 bits per heavy atom. The van der Waals surface area contributed by atoms with Gasteiger partial charge < -0.3 is 5.32 Å². The summed E-state index contributed by atoms with van der Waals surface area (Å²) in [6, 6.07) is 13.8. The number of rotatable bonds is 7. The number of non-ortho nitro benzene ring substituents is 1. The van der Waals surface area contributed by atoms with Gasteiger partial charge in [0, 0.05) is 34.7 Å². The van der Waals surface area contributed by atoms with Crippen LogP contribution in [0.1, 0.15) is 12.2 Å². The van der Waals surface area contributed by atoms with Gasteiger partial charge in [-0.05, 0) is 65.8 Å². The molecule has 1 aromatic heterocycles. The quantitative estimate of drug-likeness (QED) is 0.224. The summed E-state index contributed by atoms with van der Waals surface area (Å²) < 4.78 is 0.653. The van der Waals surface area contributed by atoms with Gasteiger partial charge in [0.2, 0.25) is 0 Å². The summed E-state index contributed by atoms with van der Waals surface area (Å²) in [7, 11) is 1.91. The van der Waals surface area contributed by atoms with Crippen LogP contribution < -0.4 is 5.32 Å². The Hall–Kier alpha value is -2.35. The highest BCUT2D eigenvalue weighted by atomic mass is 79.9. The molecule has 6 nitrogen and oxygen atoms in total. The third-order valence-corrected chi connectivity index (χ3v) is 5.05. The van der Waals surface area contributed by atoms with Crippen LogP contribution in [0.5, 0.6) is 0 Å². The van der Waals surface area contributed by atoms with E-state index in [0.717, 1.165) is 47.6 Å². The highest BCUT2D eigenvalue weighted by Gasteiger charge is 2.17. The van der Waals surface area contributed by atoms with Crippen LogP contribution in [-0.4, -0.2) is 28.5 Å². The molecule has 1 N–H and O–H groups in total. The van der Waals surface area contributed by atoms with E-state index in [-0.39, 0.29) is 5.69 Å². The lowest BCUT2D eigenvalue weighted by Gasteiger charge is -2.13. The topological polar surface area (TPSA) is 81.0 Å². The Labute approximate surface area is 176 Å². The van der Waals surface area contributed by atoms with E-state index in [1.165, 1.54) is 12.1 Å². The van der Waals surface area contributed by atoms with E-state index in [0.29, 0.717) is 9.63 Å². The maximum absolute atomic E-state index is 11.0. The first-order chi connectivity index (χ1) is 13.5. The molecule has 0 radical (unpaired) electrons. The molecule has 8 heteroatoms. The zero-order valence-electron chi connectivity index (χ0n) is 15.2. The van der Waals surface area contributed by atoms with E-state index < -0.39 is 4.92 Å². The number of nitrogens with one attached hydrogen (secondary N) is 1. The molecule has 0 saturated carbocycles. The minimum Gasteiger partial charge on any atom is -0.320 e. The lowest BCUT2D eigenvalue weighted by atomic mass is 10.0. The van der Waals surface area contributed by atoms with Crippen molar-refractivity contribution in [1.29, 1.82) is 0 Å². The van der Waals surface area contributed by atoms with Gasteiger partial charge in [0.1, 0.15) is 10.4 Å². The summed E-state index contributed by atoms with van der Waals surface area (Å²) >= 11 is 9.61. The van der Waals surface area contributed by atoms with Crippen molar-refractivity contribution in [2.24, 2.45) is 0 Å². The van der Waals surface area contributed by atoms with Gasteiger partial charge in [0.05, 0.1) is 10.6 Å². The van der Waals surface area contributed by atoms with E-state index in [9.17, 15) is 10.1 Å². The van der Waals surface area contributed by atoms with Crippen LogP contribution in [0.15, 0.2) is 53.1 Å². The van der Waals surface area contributed by atoms with Crippen LogP contribution in [0.2, 0.25) is 5.02 Å². The van der Waals surface area contributed by atoms with Crippen molar-refractivity contribution in [3.63, 3.8) is 0 Å². The molecular formula is C20H18BrClN4O2. The number of hydrogen-bond donors (Lipinski definition) is 1. The molecule has 0 spiro atoms. The first kappa shape index (κ1) is 20.4. The van der Waals surface area contributed by atoms with Crippen LogP contribution in [0.4, 0.5) is 5.69 Å². The van der Waals surface area contributed by atoms with Crippen LogP contribution in [0.3, 0.4) is 0 Å². The van der Waals surface area contributed by atoms with Crippen LogP contribution >= 0.6 is 27.5 Å². The predicted molar refractivity (Wildman–Crippen MR) is 115 cm³/mol. The number of benzene rings is 2. The average molecular weight is 462 g/mol. The lowest BCUT2D eigenvalue weighted by molar-refractivity contribution is -0.384. The highest BCUT2D eigenvalue weighted by molar-refractivity contribution is 9.10. The van der Waals surface area contributed by atoms with Crippen molar-refractivity contribution >= 4 is 33.2 Å². The molecule has 0 fully saturated rings. The predicted octanol–water partition coefficient (Wildman–Crippen LogP) is 5.29. The number of hydrogen-bond acceptors (Lipinski definition) is 5. The molecule has 0 amide bonds. The normalized spacial score (nSPS) is 10.8. The Morgan fingerprint density at radius 2 is 1.71 bits per heavy atom. The first-order valence-electron chi connectivity index (χ1n) is 8.71. The second-order valence-electron chi connectivity index (χ2n) is 6.17. The Morgan fingerprint density at radius 3 is 2.32 bits per heavy atom. The fourth-order valence-corrected chi connectivity index (χ4v) is 3.58. The molecule has 0 aliphatic rings. The minimum atomic E-state index is -0.416. The summed E-state index contributed by atoms with van der Waals surface area (Å²) in [5.74, 6) is 0.734. The van der Waals surface area contributed by atoms with Gasteiger partial charge in [-0.25, -0.2) is 9.97 Å². The number of aromatic nitrogens is 2. The van der Waals surface area contributed by atoms with Gasteiger partial charge in [-0.1, -0.05) is 23.7 Å². The maximum atomic E-state index is 11.0. The number of nitro groups is 1. The average Bonchev–Trinajstić information content (AvgIpc) is 2.68. The van der Waals surface area contributed by atoms with Gasteiger partial charge in [-0.2, -0.15) is 0 Å². The van der Waals surface area contributed by atoms with Crippen molar-refractivity contribution in [3.8, 4) is 22.4 Å². The summed E-state index contributed by atoms with van der Waals surface area (Å²) in [5.41, 5.74) is 3.28. The highest BCUT2D eigenvalue weighted by Crippen LogP contribution is 2.36. The van der Waals surface area contributed by atoms with Crippen molar-refractivity contribution in [2.75, 3.05) is 13.6 Å². The number of halogens is 2. The summed E-state index contributed by atoms with van der Waals surface area (Å²) in [6.45, 7) is 0.876. The molecule has 1 heterocycles. The van der Waals surface area contributed by atoms with Gasteiger partial charge >= 0.3 is 0 Å². The lowest BCUT2D eigenvalue weighted by Crippen LogP contribution is -2.10. The maximum Gasteiger partial charge on any atom is 0.269 e. The van der Waals surface area contributed by atoms with Crippen LogP contribution in [0, 0.1) is 10.1 Å². The Bertz CT molecular complexity index is 979. The van der Waals surface area contributed by atoms with Gasteiger partial charge in [-0.15, -0.1) is 0 Å². The second kappa shape index (κ2) is 9.23. The van der Waals surface area contributed by atoms with E-state index in [1.807, 2.05) is 31.3 Å². The standard InChI is InChI=1S/C20H18BrClN4O2/c1-23-12-2-3-17-24-19(14-4-8-15(22)9-5-14)18(20(21)25-17)13-6-10-16(11-7-13)26(27)28/h4-11,23H,2-3,12H2,1H3. The minimum absolute atomic E-state index is 0.0394. The zero-order valence-corrected chi connectivity index (χ0v) is 17.5. The van der Waals surface area contributed by atoms with E-state index in [1.54, 1.807) is 12.1 Å². The molecule has 0 aliphatic heterocycles. The summed E-state index contributed by atoms with van der Waals surface area (Å²) in [6.07, 6.45) is 1.65. The molecule has 3 rings (SSSR count). The molecule has 3 aromatic rings. The summed E-state index contributed by atoms with van der Waals surface area (Å²) in [4.78, 5) is 19.9. The number of nitrogens with zero attached hydrogens (tertiary/aromatic N) is 3. The summed E-state index contributed by atoms with van der Waals surface area (Å²) in [5, 5.41) is 14.7. The first-order valence-corrected chi connectivity index (χ1v) is 9.88. The molecule has 0 saturated heterocycles. The van der Waals surface area contributed by atoms with E-state index in [4.69, 9.17) is 16.6 Å². The second-order valence-corrected chi connectivity index (χ2v) is 7.36. The molecule has 0 atom stereocenters. The SMILES string of the molecule is CNCCCc1nc(Br)c(-c2ccc([N+](=O)[O-])cc2)c(-c2ccc(Cl)cc2)n1.